The fourth-order valence-corrected chi connectivity index (χ4v) is 2.89. The Balaban J connectivity index is 2.45. The lowest BCUT2D eigenvalue weighted by Gasteiger charge is -2.25. The molecule has 118 valence electrons. The minimum Gasteiger partial charge on any atom is -0.368 e. The van der Waals surface area contributed by atoms with Crippen LogP contribution in [0.3, 0.4) is 0 Å². The van der Waals surface area contributed by atoms with Crippen LogP contribution in [0.5, 0.6) is 0 Å². The average Bonchev–Trinajstić information content (AvgIpc) is 2.42. The number of thioether (sulfide) groups is 1. The van der Waals surface area contributed by atoms with Crippen molar-refractivity contribution < 1.29 is 4.79 Å². The number of amides is 1. The van der Waals surface area contributed by atoms with E-state index in [1.807, 2.05) is 18.7 Å². The predicted octanol–water partition coefficient (Wildman–Crippen LogP) is 3.32. The minimum absolute atomic E-state index is 0.194. The lowest BCUT2D eigenvalue weighted by Crippen LogP contribution is -2.51. The van der Waals surface area contributed by atoms with Crippen molar-refractivity contribution in [1.29, 1.82) is 0 Å². The summed E-state index contributed by atoms with van der Waals surface area (Å²) in [7, 11) is 1.78. The van der Waals surface area contributed by atoms with Crippen LogP contribution in [0.2, 0.25) is 0 Å². The zero-order chi connectivity index (χ0) is 16.1. The first kappa shape index (κ1) is 18.1. The maximum Gasteiger partial charge on any atom is 0.237 e. The van der Waals surface area contributed by atoms with E-state index < -0.39 is 5.54 Å². The molecule has 0 fully saturated rings. The minimum atomic E-state index is -0.601. The Bertz CT molecular complexity index is 465. The van der Waals surface area contributed by atoms with Crippen molar-refractivity contribution >= 4 is 17.7 Å². The fraction of sp³-hybridized carbons (Fsp3) is 0.588. The molecule has 0 saturated carbocycles. The van der Waals surface area contributed by atoms with Gasteiger partial charge in [-0.25, -0.2) is 0 Å². The second kappa shape index (κ2) is 7.32. The molecule has 1 rings (SSSR count). The van der Waals surface area contributed by atoms with Gasteiger partial charge in [-0.05, 0) is 55.7 Å². The molecule has 0 saturated heterocycles. The molecule has 1 amide bonds. The van der Waals surface area contributed by atoms with Gasteiger partial charge in [-0.2, -0.15) is 0 Å². The van der Waals surface area contributed by atoms with E-state index in [0.717, 1.165) is 18.6 Å². The molecule has 0 radical (unpaired) electrons. The molecule has 1 aromatic carbocycles. The number of hydrogen-bond acceptors (Lipinski definition) is 3. The zero-order valence-electron chi connectivity index (χ0n) is 13.8. The van der Waals surface area contributed by atoms with Gasteiger partial charge in [0.2, 0.25) is 5.91 Å². The molecule has 1 aromatic rings. The second-order valence-electron chi connectivity index (χ2n) is 6.67. The van der Waals surface area contributed by atoms with Crippen LogP contribution in [0, 0.1) is 0 Å². The first-order chi connectivity index (χ1) is 9.69. The molecule has 21 heavy (non-hydrogen) atoms. The van der Waals surface area contributed by atoms with Gasteiger partial charge in [0.05, 0.1) is 5.54 Å². The van der Waals surface area contributed by atoms with Crippen LogP contribution in [-0.2, 0) is 10.2 Å². The smallest absolute Gasteiger partial charge is 0.237 e. The summed E-state index contributed by atoms with van der Waals surface area (Å²) in [6.07, 6.45) is 1.71. The molecule has 4 heteroatoms. The molecule has 0 aliphatic carbocycles. The van der Waals surface area contributed by atoms with Crippen molar-refractivity contribution in [3.63, 3.8) is 0 Å². The van der Waals surface area contributed by atoms with E-state index in [4.69, 9.17) is 5.73 Å². The summed E-state index contributed by atoms with van der Waals surface area (Å²) in [4.78, 5) is 12.7. The number of rotatable bonds is 7. The van der Waals surface area contributed by atoms with Gasteiger partial charge in [0, 0.05) is 4.90 Å². The molecular weight excluding hydrogens is 280 g/mol. The number of primary amides is 1. The van der Waals surface area contributed by atoms with Gasteiger partial charge >= 0.3 is 0 Å². The summed E-state index contributed by atoms with van der Waals surface area (Å²) in [5.74, 6) is 0.698. The molecule has 0 bridgehead atoms. The molecule has 0 aliphatic rings. The topological polar surface area (TPSA) is 55.1 Å². The van der Waals surface area contributed by atoms with Crippen LogP contribution < -0.4 is 11.1 Å². The van der Waals surface area contributed by atoms with Gasteiger partial charge < -0.3 is 11.1 Å². The Labute approximate surface area is 133 Å². The highest BCUT2D eigenvalue weighted by Gasteiger charge is 2.27. The Morgan fingerprint density at radius 1 is 1.19 bits per heavy atom. The fourth-order valence-electron chi connectivity index (χ4n) is 2.04. The third-order valence-corrected chi connectivity index (χ3v) is 5.00. The first-order valence-corrected chi connectivity index (χ1v) is 8.40. The van der Waals surface area contributed by atoms with Crippen LogP contribution in [0.1, 0.15) is 46.1 Å². The van der Waals surface area contributed by atoms with Crippen LogP contribution in [-0.4, -0.2) is 24.2 Å². The van der Waals surface area contributed by atoms with E-state index >= 15 is 0 Å². The lowest BCUT2D eigenvalue weighted by molar-refractivity contribution is -0.123. The number of carbonyl (C=O) groups is 1. The van der Waals surface area contributed by atoms with Gasteiger partial charge in [0.25, 0.3) is 0 Å². The molecule has 1 atom stereocenters. The molecule has 1 unspecified atom stereocenters. The van der Waals surface area contributed by atoms with Crippen LogP contribution in [0.25, 0.3) is 0 Å². The summed E-state index contributed by atoms with van der Waals surface area (Å²) in [6, 6.07) is 8.75. The van der Waals surface area contributed by atoms with Crippen molar-refractivity contribution in [3.8, 4) is 0 Å². The highest BCUT2D eigenvalue weighted by molar-refractivity contribution is 7.99. The quantitative estimate of drug-likeness (QED) is 0.600. The molecule has 0 aliphatic heterocycles. The van der Waals surface area contributed by atoms with Gasteiger partial charge in [0.1, 0.15) is 0 Å². The van der Waals surface area contributed by atoms with Crippen molar-refractivity contribution in [1.82, 2.24) is 5.32 Å². The van der Waals surface area contributed by atoms with Gasteiger partial charge in [-0.3, -0.25) is 4.79 Å². The molecule has 3 N–H and O–H groups in total. The summed E-state index contributed by atoms with van der Waals surface area (Å²) in [6.45, 7) is 8.52. The Hall–Kier alpha value is -1.00. The van der Waals surface area contributed by atoms with Crippen molar-refractivity contribution in [3.05, 3.63) is 29.8 Å². The Morgan fingerprint density at radius 3 is 2.19 bits per heavy atom. The number of nitrogens with two attached hydrogens (primary N) is 1. The number of benzene rings is 1. The van der Waals surface area contributed by atoms with Crippen molar-refractivity contribution in [2.45, 2.75) is 56.4 Å². The molecular formula is C17H28N2OS. The van der Waals surface area contributed by atoms with E-state index in [1.54, 1.807) is 7.05 Å². The molecule has 3 nitrogen and oxygen atoms in total. The third-order valence-electron chi connectivity index (χ3n) is 3.91. The lowest BCUT2D eigenvalue weighted by atomic mass is 9.87. The monoisotopic (exact) mass is 308 g/mol. The molecule has 0 spiro atoms. The first-order valence-electron chi connectivity index (χ1n) is 7.41. The van der Waals surface area contributed by atoms with Gasteiger partial charge in [0.15, 0.2) is 0 Å². The Morgan fingerprint density at radius 2 is 1.76 bits per heavy atom. The van der Waals surface area contributed by atoms with Crippen LogP contribution in [0.4, 0.5) is 0 Å². The SMILES string of the molecule is CNC(C)(CCCSc1ccc(C(C)(C)C)cc1)C(N)=O. The standard InChI is InChI=1S/C17H28N2OS/c1-16(2,3)13-7-9-14(10-8-13)21-12-6-11-17(4,19-5)15(18)20/h7-10,19H,6,11-12H2,1-5H3,(H2,18,20). The predicted molar refractivity (Wildman–Crippen MR) is 91.8 cm³/mol. The summed E-state index contributed by atoms with van der Waals surface area (Å²) >= 11 is 1.82. The summed E-state index contributed by atoms with van der Waals surface area (Å²) < 4.78 is 0. The van der Waals surface area contributed by atoms with E-state index in [9.17, 15) is 4.79 Å². The third kappa shape index (κ3) is 5.36. The van der Waals surface area contributed by atoms with Gasteiger partial charge in [-0.15, -0.1) is 11.8 Å². The number of carbonyl (C=O) groups excluding carboxylic acids is 1. The number of likely N-dealkylation sites (N-methyl/N-ethyl adjacent to an activating group) is 1. The van der Waals surface area contributed by atoms with Crippen molar-refractivity contribution in [2.24, 2.45) is 5.73 Å². The largest absolute Gasteiger partial charge is 0.368 e. The zero-order valence-corrected chi connectivity index (χ0v) is 14.6. The second-order valence-corrected chi connectivity index (χ2v) is 7.84. The van der Waals surface area contributed by atoms with E-state index in [2.05, 4.69) is 50.4 Å². The Kier molecular flexibility index (Phi) is 6.29. The van der Waals surface area contributed by atoms with Crippen molar-refractivity contribution in [2.75, 3.05) is 12.8 Å². The molecule has 0 heterocycles. The maximum absolute atomic E-state index is 11.4. The maximum atomic E-state index is 11.4. The normalized spacial score (nSPS) is 14.7. The van der Waals surface area contributed by atoms with E-state index in [0.29, 0.717) is 0 Å². The summed E-state index contributed by atoms with van der Waals surface area (Å²) in [5, 5.41) is 3.02. The highest BCUT2D eigenvalue weighted by atomic mass is 32.2. The van der Waals surface area contributed by atoms with Gasteiger partial charge in [-0.1, -0.05) is 32.9 Å². The highest BCUT2D eigenvalue weighted by Crippen LogP contribution is 2.26. The van der Waals surface area contributed by atoms with Crippen LogP contribution in [0.15, 0.2) is 29.2 Å². The average molecular weight is 308 g/mol. The number of hydrogen-bond donors (Lipinski definition) is 2. The van der Waals surface area contributed by atoms with E-state index in [1.165, 1.54) is 10.5 Å². The van der Waals surface area contributed by atoms with E-state index in [-0.39, 0.29) is 11.3 Å². The van der Waals surface area contributed by atoms with Crippen LogP contribution >= 0.6 is 11.8 Å². The summed E-state index contributed by atoms with van der Waals surface area (Å²) in [5.41, 5.74) is 6.37. The number of nitrogens with one attached hydrogen (secondary N) is 1. The molecule has 0 aromatic heterocycles.